The summed E-state index contributed by atoms with van der Waals surface area (Å²) in [6.45, 7) is 4.06. The lowest BCUT2D eigenvalue weighted by atomic mass is 10.2. The summed E-state index contributed by atoms with van der Waals surface area (Å²) in [7, 11) is 0. The zero-order valence-corrected chi connectivity index (χ0v) is 11.8. The summed E-state index contributed by atoms with van der Waals surface area (Å²) in [6.07, 6.45) is 1.39. The Bertz CT molecular complexity index is 661. The largest absolute Gasteiger partial charge is 0.473 e. The first-order chi connectivity index (χ1) is 10.1. The lowest BCUT2D eigenvalue weighted by Crippen LogP contribution is -2.10. The minimum absolute atomic E-state index is 0.0133. The van der Waals surface area contributed by atoms with Crippen LogP contribution >= 0.6 is 0 Å². The van der Waals surface area contributed by atoms with Crippen molar-refractivity contribution < 1.29 is 14.2 Å². The fraction of sp³-hybridized carbons (Fsp3) is 0.286. The molecule has 3 rings (SSSR count). The molecule has 0 spiro atoms. The zero-order valence-electron chi connectivity index (χ0n) is 11.8. The number of nitrogens with two attached hydrogens (primary N) is 1. The van der Waals surface area contributed by atoms with Crippen molar-refractivity contribution in [3.05, 3.63) is 24.5 Å². The maximum absolute atomic E-state index is 6.02. The summed E-state index contributed by atoms with van der Waals surface area (Å²) in [5.41, 5.74) is 7.18. The van der Waals surface area contributed by atoms with Crippen LogP contribution in [0.3, 0.4) is 0 Å². The molecule has 7 nitrogen and oxygen atoms in total. The Kier molecular flexibility index (Phi) is 3.39. The van der Waals surface area contributed by atoms with Crippen LogP contribution in [-0.2, 0) is 0 Å². The first kappa shape index (κ1) is 13.3. The number of aromatic nitrogens is 2. The molecular weight excluding hydrogens is 272 g/mol. The lowest BCUT2D eigenvalue weighted by molar-refractivity contribution is 0.174. The third-order valence-electron chi connectivity index (χ3n) is 2.83. The normalized spacial score (nSPS) is 12.5. The maximum Gasteiger partial charge on any atom is 0.242 e. The topological polar surface area (TPSA) is 91.5 Å². The minimum atomic E-state index is -0.0133. The summed E-state index contributed by atoms with van der Waals surface area (Å²) in [5.74, 6) is 2.26. The average Bonchev–Trinajstić information content (AvgIpc) is 2.90. The van der Waals surface area contributed by atoms with Gasteiger partial charge in [-0.25, -0.2) is 4.98 Å². The fourth-order valence-corrected chi connectivity index (χ4v) is 1.91. The molecule has 0 aliphatic carbocycles. The molecule has 21 heavy (non-hydrogen) atoms. The van der Waals surface area contributed by atoms with Crippen LogP contribution in [-0.4, -0.2) is 22.9 Å². The molecule has 0 saturated carbocycles. The predicted octanol–water partition coefficient (Wildman–Crippen LogP) is 2.32. The lowest BCUT2D eigenvalue weighted by Gasteiger charge is -2.13. The van der Waals surface area contributed by atoms with Gasteiger partial charge >= 0.3 is 0 Å². The van der Waals surface area contributed by atoms with Gasteiger partial charge in [-0.15, -0.1) is 0 Å². The molecule has 1 aromatic carbocycles. The Labute approximate surface area is 122 Å². The molecule has 0 radical (unpaired) electrons. The smallest absolute Gasteiger partial charge is 0.242 e. The molecule has 0 unspecified atom stereocenters. The highest BCUT2D eigenvalue weighted by atomic mass is 16.7. The highest BCUT2D eigenvalue weighted by Crippen LogP contribution is 2.36. The van der Waals surface area contributed by atoms with Gasteiger partial charge < -0.3 is 25.3 Å². The third kappa shape index (κ3) is 2.76. The van der Waals surface area contributed by atoms with Gasteiger partial charge in [0, 0.05) is 11.8 Å². The van der Waals surface area contributed by atoms with Crippen LogP contribution in [0.15, 0.2) is 24.5 Å². The number of rotatable bonds is 4. The Balaban J connectivity index is 1.84. The molecule has 3 N–H and O–H groups in total. The number of benzene rings is 1. The van der Waals surface area contributed by atoms with Gasteiger partial charge in [0.1, 0.15) is 12.0 Å². The van der Waals surface area contributed by atoms with Crippen molar-refractivity contribution >= 4 is 17.2 Å². The van der Waals surface area contributed by atoms with Gasteiger partial charge in [-0.05, 0) is 26.0 Å². The molecule has 0 fully saturated rings. The maximum atomic E-state index is 6.02. The SMILES string of the molecule is CC(C)Oc1ncnc(Nc2ccc3c(c2)OCO3)c1N. The summed E-state index contributed by atoms with van der Waals surface area (Å²) in [5, 5.41) is 3.12. The van der Waals surface area contributed by atoms with Gasteiger partial charge in [-0.1, -0.05) is 0 Å². The molecule has 0 atom stereocenters. The Morgan fingerprint density at radius 1 is 1.24 bits per heavy atom. The van der Waals surface area contributed by atoms with Crippen LogP contribution < -0.4 is 25.3 Å². The van der Waals surface area contributed by atoms with Crippen LogP contribution in [0.2, 0.25) is 0 Å². The number of anilines is 3. The second-order valence-corrected chi connectivity index (χ2v) is 4.80. The van der Waals surface area contributed by atoms with E-state index in [0.717, 1.165) is 11.4 Å². The standard InChI is InChI=1S/C14H16N4O3/c1-8(2)21-14-12(15)13(16-6-17-14)18-9-3-4-10-11(5-9)20-7-19-10/h3-6,8H,7,15H2,1-2H3,(H,16,17,18). The van der Waals surface area contributed by atoms with Gasteiger partial charge in [0.15, 0.2) is 17.3 Å². The highest BCUT2D eigenvalue weighted by Gasteiger charge is 2.15. The van der Waals surface area contributed by atoms with E-state index in [-0.39, 0.29) is 12.9 Å². The molecular formula is C14H16N4O3. The number of nitrogens with one attached hydrogen (secondary N) is 1. The number of fused-ring (bicyclic) bond motifs is 1. The van der Waals surface area contributed by atoms with Gasteiger partial charge in [-0.3, -0.25) is 0 Å². The second-order valence-electron chi connectivity index (χ2n) is 4.80. The molecule has 2 heterocycles. The summed E-state index contributed by atoms with van der Waals surface area (Å²) in [6, 6.07) is 5.51. The van der Waals surface area contributed by atoms with Crippen molar-refractivity contribution in [1.29, 1.82) is 0 Å². The monoisotopic (exact) mass is 288 g/mol. The number of nitrogen functional groups attached to an aromatic ring is 1. The van der Waals surface area contributed by atoms with E-state index >= 15 is 0 Å². The van der Waals surface area contributed by atoms with Gasteiger partial charge in [0.25, 0.3) is 0 Å². The Hall–Kier alpha value is -2.70. The van der Waals surface area contributed by atoms with Crippen LogP contribution in [0.5, 0.6) is 17.4 Å². The molecule has 0 saturated heterocycles. The van der Waals surface area contributed by atoms with Crippen LogP contribution in [0.1, 0.15) is 13.8 Å². The van der Waals surface area contributed by atoms with E-state index in [2.05, 4.69) is 15.3 Å². The van der Waals surface area contributed by atoms with Crippen molar-refractivity contribution in [2.75, 3.05) is 17.8 Å². The van der Waals surface area contributed by atoms with E-state index in [4.69, 9.17) is 19.9 Å². The summed E-state index contributed by atoms with van der Waals surface area (Å²) in [4.78, 5) is 8.17. The summed E-state index contributed by atoms with van der Waals surface area (Å²) >= 11 is 0. The fourth-order valence-electron chi connectivity index (χ4n) is 1.91. The second kappa shape index (κ2) is 5.35. The highest BCUT2D eigenvalue weighted by molar-refractivity contribution is 5.73. The van der Waals surface area contributed by atoms with Gasteiger partial charge in [-0.2, -0.15) is 4.98 Å². The molecule has 7 heteroatoms. The van der Waals surface area contributed by atoms with E-state index < -0.39 is 0 Å². The number of hydrogen-bond acceptors (Lipinski definition) is 7. The molecule has 110 valence electrons. The molecule has 1 aliphatic rings. The van der Waals surface area contributed by atoms with Crippen molar-refractivity contribution in [3.8, 4) is 17.4 Å². The van der Waals surface area contributed by atoms with Crippen LogP contribution in [0.4, 0.5) is 17.2 Å². The molecule has 2 aromatic rings. The number of hydrogen-bond donors (Lipinski definition) is 2. The van der Waals surface area contributed by atoms with Gasteiger partial charge in [0.05, 0.1) is 6.10 Å². The van der Waals surface area contributed by atoms with E-state index in [1.807, 2.05) is 32.0 Å². The van der Waals surface area contributed by atoms with E-state index in [0.29, 0.717) is 23.1 Å². The van der Waals surface area contributed by atoms with Gasteiger partial charge in [0.2, 0.25) is 12.7 Å². The van der Waals surface area contributed by atoms with Crippen molar-refractivity contribution in [3.63, 3.8) is 0 Å². The van der Waals surface area contributed by atoms with Crippen molar-refractivity contribution in [2.45, 2.75) is 20.0 Å². The molecule has 0 amide bonds. The van der Waals surface area contributed by atoms with Crippen LogP contribution in [0.25, 0.3) is 0 Å². The Morgan fingerprint density at radius 3 is 2.86 bits per heavy atom. The van der Waals surface area contributed by atoms with Crippen LogP contribution in [0, 0.1) is 0 Å². The van der Waals surface area contributed by atoms with Crippen molar-refractivity contribution in [2.24, 2.45) is 0 Å². The average molecular weight is 288 g/mol. The quantitative estimate of drug-likeness (QED) is 0.891. The molecule has 1 aromatic heterocycles. The third-order valence-corrected chi connectivity index (χ3v) is 2.83. The summed E-state index contributed by atoms with van der Waals surface area (Å²) < 4.78 is 16.1. The van der Waals surface area contributed by atoms with E-state index in [1.54, 1.807) is 0 Å². The van der Waals surface area contributed by atoms with E-state index in [9.17, 15) is 0 Å². The minimum Gasteiger partial charge on any atom is -0.473 e. The van der Waals surface area contributed by atoms with Crippen molar-refractivity contribution in [1.82, 2.24) is 9.97 Å². The Morgan fingerprint density at radius 2 is 2.05 bits per heavy atom. The first-order valence-corrected chi connectivity index (χ1v) is 6.57. The van der Waals surface area contributed by atoms with E-state index in [1.165, 1.54) is 6.33 Å². The molecule has 0 bridgehead atoms. The predicted molar refractivity (Wildman–Crippen MR) is 78.1 cm³/mol. The number of nitrogens with zero attached hydrogens (tertiary/aromatic N) is 2. The zero-order chi connectivity index (χ0) is 14.8. The first-order valence-electron chi connectivity index (χ1n) is 6.57. The number of ether oxygens (including phenoxy) is 3. The molecule has 1 aliphatic heterocycles.